The van der Waals surface area contributed by atoms with Crippen molar-refractivity contribution in [2.75, 3.05) is 6.54 Å². The molecule has 0 aromatic heterocycles. The number of rotatable bonds is 4. The lowest BCUT2D eigenvalue weighted by Crippen LogP contribution is -2.48. The second kappa shape index (κ2) is 8.19. The van der Waals surface area contributed by atoms with Crippen LogP contribution in [0, 0.1) is 5.92 Å². The van der Waals surface area contributed by atoms with E-state index in [2.05, 4.69) is 5.32 Å². The molecule has 5 nitrogen and oxygen atoms in total. The molecule has 136 valence electrons. The Morgan fingerprint density at radius 3 is 2.52 bits per heavy atom. The maximum Gasteiger partial charge on any atom is 0.225 e. The molecule has 25 heavy (non-hydrogen) atoms. The average molecular weight is 365 g/mol. The summed E-state index contributed by atoms with van der Waals surface area (Å²) in [5.41, 5.74) is 1.01. The molecule has 3 rings (SSSR count). The smallest absolute Gasteiger partial charge is 0.225 e. The summed E-state index contributed by atoms with van der Waals surface area (Å²) in [6.45, 7) is 0.970. The van der Waals surface area contributed by atoms with Crippen LogP contribution in [0.4, 0.5) is 0 Å². The van der Waals surface area contributed by atoms with Gasteiger partial charge in [0.25, 0.3) is 0 Å². The van der Waals surface area contributed by atoms with E-state index in [-0.39, 0.29) is 29.9 Å². The van der Waals surface area contributed by atoms with E-state index in [9.17, 15) is 14.7 Å². The highest BCUT2D eigenvalue weighted by atomic mass is 35.5. The lowest BCUT2D eigenvalue weighted by Gasteiger charge is -2.34. The Bertz CT molecular complexity index is 612. The zero-order valence-corrected chi connectivity index (χ0v) is 15.0. The van der Waals surface area contributed by atoms with Crippen molar-refractivity contribution in [3.05, 3.63) is 34.9 Å². The van der Waals surface area contributed by atoms with Crippen molar-refractivity contribution in [3.63, 3.8) is 0 Å². The van der Waals surface area contributed by atoms with E-state index < -0.39 is 0 Å². The van der Waals surface area contributed by atoms with Gasteiger partial charge in [-0.1, -0.05) is 23.7 Å². The van der Waals surface area contributed by atoms with Crippen LogP contribution < -0.4 is 5.32 Å². The van der Waals surface area contributed by atoms with Gasteiger partial charge in [-0.25, -0.2) is 0 Å². The van der Waals surface area contributed by atoms with Gasteiger partial charge < -0.3 is 15.3 Å². The van der Waals surface area contributed by atoms with Gasteiger partial charge in [0.15, 0.2) is 0 Å². The van der Waals surface area contributed by atoms with Crippen molar-refractivity contribution >= 4 is 23.4 Å². The number of nitrogens with one attached hydrogen (secondary N) is 1. The van der Waals surface area contributed by atoms with E-state index in [4.69, 9.17) is 11.6 Å². The minimum Gasteiger partial charge on any atom is -0.393 e. The van der Waals surface area contributed by atoms with Gasteiger partial charge in [0.1, 0.15) is 0 Å². The van der Waals surface area contributed by atoms with Gasteiger partial charge >= 0.3 is 0 Å². The maximum absolute atomic E-state index is 12.6. The molecule has 0 spiro atoms. The van der Waals surface area contributed by atoms with Crippen LogP contribution >= 0.6 is 11.6 Å². The lowest BCUT2D eigenvalue weighted by molar-refractivity contribution is -0.139. The number of carbonyl (C=O) groups excluding carboxylic acids is 2. The number of likely N-dealkylation sites (tertiary alicyclic amines) is 1. The largest absolute Gasteiger partial charge is 0.393 e. The molecule has 0 radical (unpaired) electrons. The summed E-state index contributed by atoms with van der Waals surface area (Å²) in [5.74, 6) is -0.0216. The van der Waals surface area contributed by atoms with Crippen LogP contribution in [0.15, 0.2) is 24.3 Å². The third-order valence-electron chi connectivity index (χ3n) is 5.20. The first-order valence-corrected chi connectivity index (χ1v) is 9.39. The van der Waals surface area contributed by atoms with Crippen molar-refractivity contribution in [1.29, 1.82) is 0 Å². The quantitative estimate of drug-likeness (QED) is 0.862. The number of aliphatic hydroxyl groups excluding tert-OH is 1. The molecule has 0 bridgehead atoms. The van der Waals surface area contributed by atoms with Gasteiger partial charge in [-0.15, -0.1) is 0 Å². The number of piperidine rings is 1. The third-order valence-corrected chi connectivity index (χ3v) is 5.45. The van der Waals surface area contributed by atoms with E-state index in [1.165, 1.54) is 0 Å². The zero-order valence-electron chi connectivity index (χ0n) is 14.3. The van der Waals surface area contributed by atoms with Crippen LogP contribution in [0.3, 0.4) is 0 Å². The van der Waals surface area contributed by atoms with Gasteiger partial charge in [-0.2, -0.15) is 0 Å². The van der Waals surface area contributed by atoms with Crippen LogP contribution in [0.1, 0.15) is 44.1 Å². The monoisotopic (exact) mass is 364 g/mol. The Labute approximate surface area is 153 Å². The van der Waals surface area contributed by atoms with Crippen molar-refractivity contribution < 1.29 is 14.7 Å². The first kappa shape index (κ1) is 18.2. The Balaban J connectivity index is 1.55. The average Bonchev–Trinajstić information content (AvgIpc) is 2.60. The van der Waals surface area contributed by atoms with Crippen LogP contribution in [-0.4, -0.2) is 40.5 Å². The summed E-state index contributed by atoms with van der Waals surface area (Å²) >= 11 is 5.90. The highest BCUT2D eigenvalue weighted by Crippen LogP contribution is 2.23. The second-order valence-corrected chi connectivity index (χ2v) is 7.59. The van der Waals surface area contributed by atoms with Crippen molar-refractivity contribution in [2.24, 2.45) is 5.92 Å². The number of carbonyl (C=O) groups is 2. The molecule has 6 heteroatoms. The molecule has 1 aromatic carbocycles. The number of aliphatic hydroxyl groups is 1. The molecule has 2 fully saturated rings. The molecule has 1 saturated heterocycles. The lowest BCUT2D eigenvalue weighted by atomic mass is 9.91. The van der Waals surface area contributed by atoms with Gasteiger partial charge in [-0.3, -0.25) is 9.59 Å². The topological polar surface area (TPSA) is 69.6 Å². The molecule has 2 N–H and O–H groups in total. The number of nitrogens with zero attached hydrogens (tertiary/aromatic N) is 1. The highest BCUT2D eigenvalue weighted by Gasteiger charge is 2.31. The molecule has 1 saturated carbocycles. The molecule has 1 unspecified atom stereocenters. The molecule has 1 atom stereocenters. The highest BCUT2D eigenvalue weighted by molar-refractivity contribution is 6.30. The molecule has 1 aliphatic heterocycles. The van der Waals surface area contributed by atoms with E-state index in [0.29, 0.717) is 31.0 Å². The minimum absolute atomic E-state index is 0.0370. The van der Waals surface area contributed by atoms with Gasteiger partial charge in [0.05, 0.1) is 12.0 Å². The molecule has 1 aliphatic carbocycles. The number of halogens is 1. The van der Waals surface area contributed by atoms with E-state index in [1.54, 1.807) is 4.90 Å². The Hall–Kier alpha value is -1.59. The molecular formula is C19H25ClN2O3. The number of hydrogen-bond acceptors (Lipinski definition) is 3. The summed E-state index contributed by atoms with van der Waals surface area (Å²) in [7, 11) is 0. The predicted octanol–water partition coefficient (Wildman–Crippen LogP) is 2.50. The van der Waals surface area contributed by atoms with Crippen LogP contribution in [0.2, 0.25) is 5.02 Å². The number of hydrogen-bond donors (Lipinski definition) is 2. The minimum atomic E-state index is -0.227. The van der Waals surface area contributed by atoms with Gasteiger partial charge in [0, 0.05) is 30.6 Å². The second-order valence-electron chi connectivity index (χ2n) is 7.15. The normalized spacial score (nSPS) is 27.2. The van der Waals surface area contributed by atoms with Gasteiger partial charge in [0.2, 0.25) is 11.8 Å². The summed E-state index contributed by atoms with van der Waals surface area (Å²) < 4.78 is 0. The third kappa shape index (κ3) is 4.95. The Kier molecular flexibility index (Phi) is 5.97. The van der Waals surface area contributed by atoms with Gasteiger partial charge in [-0.05, 0) is 49.8 Å². The zero-order chi connectivity index (χ0) is 17.8. The SMILES string of the molecule is O=C(NC1CCC(O)CC1)C1CCC(=O)N(Cc2ccc(Cl)cc2)C1. The molecule has 1 heterocycles. The van der Waals surface area contributed by atoms with Crippen molar-refractivity contribution in [3.8, 4) is 0 Å². The number of benzene rings is 1. The van der Waals surface area contributed by atoms with Crippen LogP contribution in [0.25, 0.3) is 0 Å². The Morgan fingerprint density at radius 1 is 1.16 bits per heavy atom. The fourth-order valence-corrected chi connectivity index (χ4v) is 3.76. The molecule has 1 aromatic rings. The first-order valence-electron chi connectivity index (χ1n) is 9.02. The summed E-state index contributed by atoms with van der Waals surface area (Å²) in [6.07, 6.45) is 3.94. The van der Waals surface area contributed by atoms with E-state index in [1.807, 2.05) is 24.3 Å². The van der Waals surface area contributed by atoms with E-state index in [0.717, 1.165) is 31.2 Å². The summed E-state index contributed by atoms with van der Waals surface area (Å²) in [5, 5.41) is 13.3. The maximum atomic E-state index is 12.6. The molecular weight excluding hydrogens is 340 g/mol. The molecule has 2 amide bonds. The molecule has 2 aliphatic rings. The first-order chi connectivity index (χ1) is 12.0. The van der Waals surface area contributed by atoms with Crippen LogP contribution in [-0.2, 0) is 16.1 Å². The van der Waals surface area contributed by atoms with E-state index >= 15 is 0 Å². The van der Waals surface area contributed by atoms with Crippen LogP contribution in [0.5, 0.6) is 0 Å². The fraction of sp³-hybridized carbons (Fsp3) is 0.579. The predicted molar refractivity (Wildman–Crippen MR) is 96.0 cm³/mol. The number of amides is 2. The summed E-state index contributed by atoms with van der Waals surface area (Å²) in [4.78, 5) is 26.5. The fourth-order valence-electron chi connectivity index (χ4n) is 3.63. The Morgan fingerprint density at radius 2 is 1.84 bits per heavy atom. The summed E-state index contributed by atoms with van der Waals surface area (Å²) in [6, 6.07) is 7.59. The van der Waals surface area contributed by atoms with Crippen molar-refractivity contribution in [2.45, 2.75) is 57.2 Å². The standard InChI is InChI=1S/C19H25ClN2O3/c20-15-4-1-13(2-5-15)11-22-12-14(3-10-18(22)24)19(25)21-16-6-8-17(23)9-7-16/h1-2,4-5,14,16-17,23H,3,6-12H2,(H,21,25). The van der Waals surface area contributed by atoms with Crippen molar-refractivity contribution in [1.82, 2.24) is 10.2 Å².